The van der Waals surface area contributed by atoms with Gasteiger partial charge in [-0.05, 0) is 51.5 Å². The Balaban J connectivity index is 1.68. The number of anilines is 2. The van der Waals surface area contributed by atoms with Crippen LogP contribution < -0.4 is 9.80 Å². The third kappa shape index (κ3) is 4.12. The van der Waals surface area contributed by atoms with Gasteiger partial charge < -0.3 is 9.80 Å². The van der Waals surface area contributed by atoms with E-state index in [0.717, 1.165) is 35.9 Å². The van der Waals surface area contributed by atoms with Gasteiger partial charge in [0.15, 0.2) is 11.6 Å². The van der Waals surface area contributed by atoms with Crippen molar-refractivity contribution in [2.75, 3.05) is 49.1 Å². The molecule has 2 aromatic rings. The van der Waals surface area contributed by atoms with Gasteiger partial charge >= 0.3 is 0 Å². The fraction of sp³-hybridized carbons (Fsp3) is 0.500. The third-order valence-corrected chi connectivity index (χ3v) is 7.29. The molecule has 0 spiro atoms. The van der Waals surface area contributed by atoms with E-state index in [1.165, 1.54) is 0 Å². The van der Waals surface area contributed by atoms with Crippen molar-refractivity contribution in [3.63, 3.8) is 0 Å². The van der Waals surface area contributed by atoms with Gasteiger partial charge in [-0.3, -0.25) is 0 Å². The van der Waals surface area contributed by atoms with Crippen LogP contribution in [-0.4, -0.2) is 62.2 Å². The van der Waals surface area contributed by atoms with Gasteiger partial charge in [-0.25, -0.2) is 8.42 Å². The van der Waals surface area contributed by atoms with E-state index in [4.69, 9.17) is 0 Å². The van der Waals surface area contributed by atoms with Gasteiger partial charge in [-0.1, -0.05) is 17.7 Å². The molecular weight excluding hydrogens is 374 g/mol. The van der Waals surface area contributed by atoms with E-state index in [-0.39, 0.29) is 0 Å². The lowest BCUT2D eigenvalue weighted by molar-refractivity contribution is 0.383. The van der Waals surface area contributed by atoms with Gasteiger partial charge in [0.25, 0.3) is 0 Å². The first kappa shape index (κ1) is 20.5. The Morgan fingerprint density at radius 1 is 0.964 bits per heavy atom. The van der Waals surface area contributed by atoms with Crippen molar-refractivity contribution >= 4 is 21.7 Å². The van der Waals surface area contributed by atoms with Crippen LogP contribution >= 0.6 is 0 Å². The molecule has 1 saturated heterocycles. The quantitative estimate of drug-likeness (QED) is 0.738. The summed E-state index contributed by atoms with van der Waals surface area (Å²) in [5, 5.41) is 8.69. The van der Waals surface area contributed by atoms with Crippen molar-refractivity contribution in [3.05, 3.63) is 41.5 Å². The fourth-order valence-electron chi connectivity index (χ4n) is 3.59. The number of aryl methyl sites for hydroxylation is 2. The molecular formula is C20H29N5O2S. The molecule has 0 unspecified atom stereocenters. The Bertz CT molecular complexity index is 903. The molecule has 0 amide bonds. The minimum absolute atomic E-state index is 0.398. The van der Waals surface area contributed by atoms with Crippen LogP contribution in [0, 0.1) is 13.8 Å². The summed E-state index contributed by atoms with van der Waals surface area (Å²) in [5.74, 6) is 1.66. The van der Waals surface area contributed by atoms with Crippen LogP contribution in [0.5, 0.6) is 0 Å². The van der Waals surface area contributed by atoms with Crippen LogP contribution in [0.25, 0.3) is 0 Å². The first-order valence-corrected chi connectivity index (χ1v) is 11.2. The maximum atomic E-state index is 13.0. The van der Waals surface area contributed by atoms with Crippen LogP contribution in [-0.2, 0) is 10.0 Å². The zero-order valence-electron chi connectivity index (χ0n) is 17.1. The lowest BCUT2D eigenvalue weighted by Crippen LogP contribution is -2.49. The van der Waals surface area contributed by atoms with E-state index in [0.29, 0.717) is 31.1 Å². The minimum atomic E-state index is -3.48. The molecule has 3 rings (SSSR count). The lowest BCUT2D eigenvalue weighted by Gasteiger charge is -2.34. The first-order valence-electron chi connectivity index (χ1n) is 9.77. The summed E-state index contributed by atoms with van der Waals surface area (Å²) in [5.41, 5.74) is 1.85. The number of sulfonamides is 1. The second-order valence-electron chi connectivity index (χ2n) is 7.08. The Labute approximate surface area is 168 Å². The average molecular weight is 404 g/mol. The Morgan fingerprint density at radius 3 is 2.18 bits per heavy atom. The summed E-state index contributed by atoms with van der Waals surface area (Å²) in [7, 11) is -3.48. The highest BCUT2D eigenvalue weighted by Gasteiger charge is 2.30. The average Bonchev–Trinajstić information content (AvgIpc) is 2.69. The van der Waals surface area contributed by atoms with Crippen LogP contribution in [0.4, 0.5) is 11.6 Å². The number of hydrogen-bond donors (Lipinski definition) is 0. The molecule has 1 aliphatic rings. The molecule has 1 aromatic heterocycles. The molecule has 0 atom stereocenters. The van der Waals surface area contributed by atoms with E-state index in [1.54, 1.807) is 10.4 Å². The standard InChI is InChI=1S/C20H29N5O2S/c1-5-23(6-2)19-9-10-20(22-21-19)24-11-13-25(14-12-24)28(26,27)18-8-7-16(3)15-17(18)4/h7-10,15H,5-6,11-14H2,1-4H3. The molecule has 0 radical (unpaired) electrons. The molecule has 0 N–H and O–H groups in total. The van der Waals surface area contributed by atoms with Crippen LogP contribution in [0.1, 0.15) is 25.0 Å². The highest BCUT2D eigenvalue weighted by molar-refractivity contribution is 7.89. The molecule has 0 aliphatic carbocycles. The first-order chi connectivity index (χ1) is 13.4. The predicted molar refractivity (Wildman–Crippen MR) is 112 cm³/mol. The smallest absolute Gasteiger partial charge is 0.243 e. The van der Waals surface area contributed by atoms with Crippen molar-refractivity contribution in [2.45, 2.75) is 32.6 Å². The van der Waals surface area contributed by atoms with Gasteiger partial charge in [-0.2, -0.15) is 4.31 Å². The number of hydrogen-bond acceptors (Lipinski definition) is 6. The number of piperazine rings is 1. The third-order valence-electron chi connectivity index (χ3n) is 5.23. The topological polar surface area (TPSA) is 69.6 Å². The predicted octanol–water partition coefficient (Wildman–Crippen LogP) is 2.45. The number of benzene rings is 1. The van der Waals surface area contributed by atoms with Crippen molar-refractivity contribution in [1.29, 1.82) is 0 Å². The second kappa shape index (κ2) is 8.45. The maximum Gasteiger partial charge on any atom is 0.243 e. The summed E-state index contributed by atoms with van der Waals surface area (Å²) in [6, 6.07) is 9.42. The summed E-state index contributed by atoms with van der Waals surface area (Å²) < 4.78 is 27.6. The van der Waals surface area contributed by atoms with Gasteiger partial charge in [-0.15, -0.1) is 10.2 Å². The lowest BCUT2D eigenvalue weighted by atomic mass is 10.2. The van der Waals surface area contributed by atoms with Gasteiger partial charge in [0.05, 0.1) is 4.90 Å². The summed E-state index contributed by atoms with van der Waals surface area (Å²) >= 11 is 0. The van der Waals surface area contributed by atoms with Gasteiger partial charge in [0.1, 0.15) is 0 Å². The molecule has 0 bridgehead atoms. The van der Waals surface area contributed by atoms with Gasteiger partial charge in [0, 0.05) is 39.3 Å². The molecule has 2 heterocycles. The monoisotopic (exact) mass is 403 g/mol. The van der Waals surface area contributed by atoms with Crippen LogP contribution in [0.15, 0.2) is 35.2 Å². The van der Waals surface area contributed by atoms with E-state index in [2.05, 4.69) is 33.8 Å². The molecule has 1 aliphatic heterocycles. The maximum absolute atomic E-state index is 13.0. The van der Waals surface area contributed by atoms with Crippen molar-refractivity contribution in [3.8, 4) is 0 Å². The van der Waals surface area contributed by atoms with E-state index < -0.39 is 10.0 Å². The zero-order chi connectivity index (χ0) is 20.3. The summed E-state index contributed by atoms with van der Waals surface area (Å²) in [4.78, 5) is 4.63. The number of rotatable bonds is 6. The Morgan fingerprint density at radius 2 is 1.64 bits per heavy atom. The van der Waals surface area contributed by atoms with Crippen LogP contribution in [0.2, 0.25) is 0 Å². The van der Waals surface area contributed by atoms with Crippen LogP contribution in [0.3, 0.4) is 0 Å². The Hall–Kier alpha value is -2.19. The second-order valence-corrected chi connectivity index (χ2v) is 8.99. The largest absolute Gasteiger partial charge is 0.356 e. The molecule has 152 valence electrons. The number of nitrogens with zero attached hydrogens (tertiary/aromatic N) is 5. The molecule has 7 nitrogen and oxygen atoms in total. The van der Waals surface area contributed by atoms with Crippen molar-refractivity contribution < 1.29 is 8.42 Å². The minimum Gasteiger partial charge on any atom is -0.356 e. The fourth-order valence-corrected chi connectivity index (χ4v) is 5.22. The van der Waals surface area contributed by atoms with Crippen molar-refractivity contribution in [1.82, 2.24) is 14.5 Å². The normalized spacial score (nSPS) is 15.6. The molecule has 1 fully saturated rings. The number of aromatic nitrogens is 2. The van der Waals surface area contributed by atoms with Gasteiger partial charge in [0.2, 0.25) is 10.0 Å². The Kier molecular flexibility index (Phi) is 6.20. The van der Waals surface area contributed by atoms with E-state index >= 15 is 0 Å². The molecule has 1 aromatic carbocycles. The zero-order valence-corrected chi connectivity index (χ0v) is 17.9. The highest BCUT2D eigenvalue weighted by Crippen LogP contribution is 2.23. The highest BCUT2D eigenvalue weighted by atomic mass is 32.2. The van der Waals surface area contributed by atoms with E-state index in [9.17, 15) is 8.42 Å². The van der Waals surface area contributed by atoms with Crippen molar-refractivity contribution in [2.24, 2.45) is 0 Å². The SMILES string of the molecule is CCN(CC)c1ccc(N2CCN(S(=O)(=O)c3ccc(C)cc3C)CC2)nn1. The molecule has 8 heteroatoms. The summed E-state index contributed by atoms with van der Waals surface area (Å²) in [6.45, 7) is 11.9. The summed E-state index contributed by atoms with van der Waals surface area (Å²) in [6.07, 6.45) is 0. The van der Waals surface area contributed by atoms with E-state index in [1.807, 2.05) is 38.1 Å². The molecule has 28 heavy (non-hydrogen) atoms. The molecule has 0 saturated carbocycles.